The Morgan fingerprint density at radius 2 is 2.25 bits per heavy atom. The van der Waals surface area contributed by atoms with E-state index >= 15 is 0 Å². The lowest BCUT2D eigenvalue weighted by atomic mass is 10.3. The second-order valence-electron chi connectivity index (χ2n) is 2.16. The van der Waals surface area contributed by atoms with Gasteiger partial charge in [-0.15, -0.1) is 0 Å². The fraction of sp³-hybridized carbons (Fsp3) is 0.143. The van der Waals surface area contributed by atoms with Gasteiger partial charge in [-0.25, -0.2) is 8.93 Å². The van der Waals surface area contributed by atoms with Crippen LogP contribution >= 0.6 is 15.9 Å². The summed E-state index contributed by atoms with van der Waals surface area (Å²) in [5.41, 5.74) is 6.15. The molecule has 0 heterocycles. The van der Waals surface area contributed by atoms with Gasteiger partial charge in [-0.2, -0.15) is 0 Å². The molecule has 12 heavy (non-hydrogen) atoms. The SMILES string of the molecule is CNS(=O)c1cc(N)ccc1Br. The van der Waals surface area contributed by atoms with E-state index < -0.39 is 11.0 Å². The van der Waals surface area contributed by atoms with Crippen molar-refractivity contribution in [3.63, 3.8) is 0 Å². The molecule has 5 heteroatoms. The maximum absolute atomic E-state index is 11.3. The minimum atomic E-state index is -1.19. The first-order valence-corrected chi connectivity index (χ1v) is 5.23. The summed E-state index contributed by atoms with van der Waals surface area (Å²) in [6, 6.07) is 5.21. The summed E-state index contributed by atoms with van der Waals surface area (Å²) in [5.74, 6) is 0. The number of nitrogens with one attached hydrogen (secondary N) is 1. The summed E-state index contributed by atoms with van der Waals surface area (Å²) in [6.07, 6.45) is 0. The van der Waals surface area contributed by atoms with Crippen LogP contribution in [0.4, 0.5) is 5.69 Å². The van der Waals surface area contributed by atoms with E-state index in [0.29, 0.717) is 10.6 Å². The Morgan fingerprint density at radius 3 is 2.83 bits per heavy atom. The third-order valence-electron chi connectivity index (χ3n) is 1.34. The normalized spacial score (nSPS) is 12.8. The van der Waals surface area contributed by atoms with Crippen LogP contribution in [0.25, 0.3) is 0 Å². The van der Waals surface area contributed by atoms with E-state index in [-0.39, 0.29) is 0 Å². The monoisotopic (exact) mass is 248 g/mol. The van der Waals surface area contributed by atoms with E-state index in [9.17, 15) is 4.21 Å². The average Bonchev–Trinajstić information content (AvgIpc) is 2.08. The molecule has 1 rings (SSSR count). The molecule has 0 bridgehead atoms. The van der Waals surface area contributed by atoms with Gasteiger partial charge < -0.3 is 5.73 Å². The van der Waals surface area contributed by atoms with E-state index in [4.69, 9.17) is 5.73 Å². The van der Waals surface area contributed by atoms with Crippen molar-refractivity contribution in [2.75, 3.05) is 12.8 Å². The van der Waals surface area contributed by atoms with Crippen LogP contribution in [0.5, 0.6) is 0 Å². The highest BCUT2D eigenvalue weighted by molar-refractivity contribution is 9.10. The Morgan fingerprint density at radius 1 is 1.58 bits per heavy atom. The predicted octanol–water partition coefficient (Wildman–Crippen LogP) is 1.27. The summed E-state index contributed by atoms with van der Waals surface area (Å²) in [5, 5.41) is 0. The van der Waals surface area contributed by atoms with Crippen LogP contribution in [0.1, 0.15) is 0 Å². The lowest BCUT2D eigenvalue weighted by molar-refractivity contribution is 0.677. The predicted molar refractivity (Wildman–Crippen MR) is 54.0 cm³/mol. The summed E-state index contributed by atoms with van der Waals surface area (Å²) < 4.78 is 14.7. The van der Waals surface area contributed by atoms with E-state index in [2.05, 4.69) is 20.7 Å². The van der Waals surface area contributed by atoms with E-state index in [1.807, 2.05) is 0 Å². The fourth-order valence-corrected chi connectivity index (χ4v) is 2.17. The molecule has 0 saturated heterocycles. The average molecular weight is 249 g/mol. The van der Waals surface area contributed by atoms with Crippen molar-refractivity contribution in [3.8, 4) is 0 Å². The van der Waals surface area contributed by atoms with E-state index in [0.717, 1.165) is 4.47 Å². The maximum atomic E-state index is 11.3. The zero-order valence-corrected chi connectivity index (χ0v) is 8.91. The van der Waals surface area contributed by atoms with Gasteiger partial charge in [0.15, 0.2) is 0 Å². The molecular formula is C7H9BrN2OS. The first-order chi connectivity index (χ1) is 5.65. The lowest BCUT2D eigenvalue weighted by Crippen LogP contribution is -2.11. The van der Waals surface area contributed by atoms with Gasteiger partial charge >= 0.3 is 0 Å². The number of nitrogens with two attached hydrogens (primary N) is 1. The topological polar surface area (TPSA) is 55.1 Å². The van der Waals surface area contributed by atoms with E-state index in [1.165, 1.54) is 0 Å². The van der Waals surface area contributed by atoms with Crippen molar-refractivity contribution in [2.45, 2.75) is 4.90 Å². The van der Waals surface area contributed by atoms with Crippen molar-refractivity contribution < 1.29 is 4.21 Å². The molecule has 1 aromatic carbocycles. The van der Waals surface area contributed by atoms with Crippen molar-refractivity contribution in [3.05, 3.63) is 22.7 Å². The highest BCUT2D eigenvalue weighted by Crippen LogP contribution is 2.21. The van der Waals surface area contributed by atoms with Gasteiger partial charge in [0.05, 0.1) is 4.90 Å². The quantitative estimate of drug-likeness (QED) is 0.775. The maximum Gasteiger partial charge on any atom is 0.125 e. The summed E-state index contributed by atoms with van der Waals surface area (Å²) in [6.45, 7) is 0. The minimum absolute atomic E-state index is 0.608. The van der Waals surface area contributed by atoms with Gasteiger partial charge in [0, 0.05) is 10.2 Å². The van der Waals surface area contributed by atoms with Gasteiger partial charge in [-0.3, -0.25) is 0 Å². The molecule has 0 spiro atoms. The van der Waals surface area contributed by atoms with Crippen LogP contribution in [0.2, 0.25) is 0 Å². The molecule has 0 aliphatic rings. The van der Waals surface area contributed by atoms with Crippen LogP contribution in [0.3, 0.4) is 0 Å². The molecule has 0 saturated carbocycles. The summed E-state index contributed by atoms with van der Waals surface area (Å²) >= 11 is 3.28. The van der Waals surface area contributed by atoms with Gasteiger partial charge in [-0.05, 0) is 41.2 Å². The number of anilines is 1. The number of rotatable bonds is 2. The Labute approximate surface area is 82.1 Å². The summed E-state index contributed by atoms with van der Waals surface area (Å²) in [4.78, 5) is 0.664. The number of benzene rings is 1. The highest BCUT2D eigenvalue weighted by atomic mass is 79.9. The van der Waals surface area contributed by atoms with Crippen molar-refractivity contribution in [2.24, 2.45) is 0 Å². The zero-order chi connectivity index (χ0) is 9.14. The Bertz CT molecular complexity index is 316. The lowest BCUT2D eigenvalue weighted by Gasteiger charge is -2.03. The minimum Gasteiger partial charge on any atom is -0.399 e. The van der Waals surface area contributed by atoms with Crippen LogP contribution in [-0.4, -0.2) is 11.3 Å². The molecule has 0 aliphatic heterocycles. The molecule has 1 atom stereocenters. The van der Waals surface area contributed by atoms with Crippen LogP contribution < -0.4 is 10.5 Å². The van der Waals surface area contributed by atoms with Gasteiger partial charge in [-0.1, -0.05) is 0 Å². The molecule has 1 aromatic rings. The summed E-state index contributed by atoms with van der Waals surface area (Å²) in [7, 11) is 0.442. The molecule has 0 fully saturated rings. The van der Waals surface area contributed by atoms with Gasteiger partial charge in [0.1, 0.15) is 11.0 Å². The fourth-order valence-electron chi connectivity index (χ4n) is 0.772. The van der Waals surface area contributed by atoms with Gasteiger partial charge in [0.25, 0.3) is 0 Å². The Hall–Kier alpha value is -0.390. The Balaban J connectivity index is 3.13. The third kappa shape index (κ3) is 2.06. The molecule has 66 valence electrons. The first kappa shape index (κ1) is 9.70. The molecule has 0 aliphatic carbocycles. The molecule has 3 nitrogen and oxygen atoms in total. The Kier molecular flexibility index (Phi) is 3.25. The van der Waals surface area contributed by atoms with Crippen molar-refractivity contribution >= 4 is 32.6 Å². The number of halogens is 1. The highest BCUT2D eigenvalue weighted by Gasteiger charge is 2.05. The second kappa shape index (κ2) is 4.02. The van der Waals surface area contributed by atoms with Crippen molar-refractivity contribution in [1.82, 2.24) is 4.72 Å². The number of hydrogen-bond acceptors (Lipinski definition) is 2. The molecule has 0 radical (unpaired) electrons. The molecule has 1 unspecified atom stereocenters. The third-order valence-corrected chi connectivity index (χ3v) is 3.40. The van der Waals surface area contributed by atoms with Gasteiger partial charge in [0.2, 0.25) is 0 Å². The first-order valence-electron chi connectivity index (χ1n) is 3.29. The molecular weight excluding hydrogens is 240 g/mol. The van der Waals surface area contributed by atoms with E-state index in [1.54, 1.807) is 25.2 Å². The van der Waals surface area contributed by atoms with Crippen molar-refractivity contribution in [1.29, 1.82) is 0 Å². The second-order valence-corrected chi connectivity index (χ2v) is 4.40. The molecule has 3 N–H and O–H groups in total. The standard InChI is InChI=1S/C7H9BrN2OS/c1-10-12(11)7-4-5(9)2-3-6(7)8/h2-4,10H,9H2,1H3. The number of nitrogen functional groups attached to an aromatic ring is 1. The smallest absolute Gasteiger partial charge is 0.125 e. The van der Waals surface area contributed by atoms with Crippen LogP contribution in [0, 0.1) is 0 Å². The molecule has 0 aromatic heterocycles. The molecule has 0 amide bonds. The largest absolute Gasteiger partial charge is 0.399 e. The number of hydrogen-bond donors (Lipinski definition) is 2. The zero-order valence-electron chi connectivity index (χ0n) is 6.50. The van der Waals surface area contributed by atoms with Crippen LogP contribution in [0.15, 0.2) is 27.6 Å². The van der Waals surface area contributed by atoms with Crippen LogP contribution in [-0.2, 0) is 11.0 Å².